The van der Waals surface area contributed by atoms with Gasteiger partial charge in [-0.05, 0) is 37.0 Å². The van der Waals surface area contributed by atoms with Crippen LogP contribution in [0.4, 0.5) is 0 Å². The molecule has 0 unspecified atom stereocenters. The van der Waals surface area contributed by atoms with Crippen molar-refractivity contribution in [3.05, 3.63) is 36.2 Å². The van der Waals surface area contributed by atoms with Crippen LogP contribution < -0.4 is 0 Å². The highest BCUT2D eigenvalue weighted by atomic mass is 16.2. The molecule has 0 spiro atoms. The maximum Gasteiger partial charge on any atom is 0.254 e. The number of hydrogen-bond acceptors (Lipinski definition) is 5. The molecule has 5 rings (SSSR count). The van der Waals surface area contributed by atoms with Gasteiger partial charge in [-0.15, -0.1) is 0 Å². The Labute approximate surface area is 159 Å². The Hall–Kier alpha value is -2.54. The number of piperidine rings is 1. The maximum atomic E-state index is 13.2. The molecule has 2 bridgehead atoms. The summed E-state index contributed by atoms with van der Waals surface area (Å²) >= 11 is 0. The second-order valence-corrected chi connectivity index (χ2v) is 7.80. The molecule has 142 valence electrons. The van der Waals surface area contributed by atoms with E-state index in [0.717, 1.165) is 43.5 Å². The van der Waals surface area contributed by atoms with Crippen molar-refractivity contribution in [1.82, 2.24) is 24.7 Å². The van der Waals surface area contributed by atoms with Crippen molar-refractivity contribution in [3.8, 4) is 0 Å². The number of carbonyl (C=O) groups excluding carboxylic acids is 2. The van der Waals surface area contributed by atoms with Crippen LogP contribution in [-0.2, 0) is 4.79 Å². The minimum absolute atomic E-state index is 0.0537. The Kier molecular flexibility index (Phi) is 4.78. The molecule has 3 aliphatic rings. The Morgan fingerprint density at radius 1 is 1.07 bits per heavy atom. The van der Waals surface area contributed by atoms with Crippen molar-refractivity contribution in [2.75, 3.05) is 40.3 Å². The van der Waals surface area contributed by atoms with Gasteiger partial charge in [0.15, 0.2) is 0 Å². The number of amides is 2. The van der Waals surface area contributed by atoms with E-state index >= 15 is 0 Å². The second kappa shape index (κ2) is 7.23. The predicted octanol–water partition coefficient (Wildman–Crippen LogP) is 1.25. The number of rotatable bonds is 3. The van der Waals surface area contributed by atoms with E-state index in [9.17, 15) is 9.59 Å². The van der Waals surface area contributed by atoms with Crippen molar-refractivity contribution < 1.29 is 9.59 Å². The van der Waals surface area contributed by atoms with Gasteiger partial charge in [-0.2, -0.15) is 0 Å². The predicted molar refractivity (Wildman–Crippen MR) is 102 cm³/mol. The summed E-state index contributed by atoms with van der Waals surface area (Å²) in [5.41, 5.74) is 2.19. The summed E-state index contributed by atoms with van der Waals surface area (Å²) in [4.78, 5) is 39.7. The van der Waals surface area contributed by atoms with Crippen molar-refractivity contribution in [2.24, 2.45) is 5.92 Å². The molecule has 0 radical (unpaired) electrons. The van der Waals surface area contributed by atoms with Crippen molar-refractivity contribution in [2.45, 2.75) is 18.9 Å². The quantitative estimate of drug-likeness (QED) is 0.817. The van der Waals surface area contributed by atoms with Gasteiger partial charge in [0.1, 0.15) is 0 Å². The number of benzene rings is 1. The normalized spacial score (nSPS) is 22.7. The lowest BCUT2D eigenvalue weighted by molar-refractivity contribution is -0.129. The van der Waals surface area contributed by atoms with Crippen LogP contribution in [0.1, 0.15) is 23.2 Å². The van der Waals surface area contributed by atoms with Gasteiger partial charge < -0.3 is 9.80 Å². The van der Waals surface area contributed by atoms with Crippen LogP contribution in [0.3, 0.4) is 0 Å². The topological polar surface area (TPSA) is 69.6 Å². The summed E-state index contributed by atoms with van der Waals surface area (Å²) in [7, 11) is 3.57. The molecule has 1 aromatic carbocycles. The monoisotopic (exact) mass is 367 g/mol. The minimum Gasteiger partial charge on any atom is -0.348 e. The molecule has 0 aliphatic carbocycles. The number of nitrogens with zero attached hydrogens (tertiary/aromatic N) is 5. The van der Waals surface area contributed by atoms with Gasteiger partial charge >= 0.3 is 0 Å². The molecule has 27 heavy (non-hydrogen) atoms. The van der Waals surface area contributed by atoms with Crippen LogP contribution in [0, 0.1) is 5.92 Å². The van der Waals surface area contributed by atoms with E-state index in [1.165, 1.54) is 0 Å². The molecule has 1 aromatic heterocycles. The molecule has 3 aliphatic heterocycles. The molecule has 2 aromatic rings. The highest BCUT2D eigenvalue weighted by Crippen LogP contribution is 2.29. The zero-order chi connectivity index (χ0) is 19.0. The van der Waals surface area contributed by atoms with Crippen molar-refractivity contribution in [1.29, 1.82) is 0 Å². The van der Waals surface area contributed by atoms with Gasteiger partial charge in [0.25, 0.3) is 5.91 Å². The molecule has 2 amide bonds. The highest BCUT2D eigenvalue weighted by molar-refractivity contribution is 5.97. The Balaban J connectivity index is 1.53. The summed E-state index contributed by atoms with van der Waals surface area (Å²) in [6.07, 6.45) is 5.41. The summed E-state index contributed by atoms with van der Waals surface area (Å²) in [6, 6.07) is 5.68. The molecule has 2 atom stereocenters. The second-order valence-electron chi connectivity index (χ2n) is 7.80. The molecule has 4 heterocycles. The average molecular weight is 367 g/mol. The van der Waals surface area contributed by atoms with Crippen molar-refractivity contribution >= 4 is 22.8 Å². The molecule has 0 saturated carbocycles. The lowest BCUT2D eigenvalue weighted by Gasteiger charge is -2.36. The van der Waals surface area contributed by atoms with Crippen LogP contribution in [-0.4, -0.2) is 82.8 Å². The summed E-state index contributed by atoms with van der Waals surface area (Å²) in [5, 5.41) is 0. The standard InChI is InChI=1S/C20H25N5O2/c1-23(2)19(26)13-24-10-14-3-5-16(12-24)25(11-14)20(27)15-4-6-17-18(9-15)22-8-7-21-17/h4,6-9,14,16H,3,5,10-13H2,1-2H3/t14-,16+/m0/s1. The zero-order valence-electron chi connectivity index (χ0n) is 15.8. The lowest BCUT2D eigenvalue weighted by Crippen LogP contribution is -2.47. The first-order valence-electron chi connectivity index (χ1n) is 9.45. The van der Waals surface area contributed by atoms with Crippen LogP contribution in [0.25, 0.3) is 11.0 Å². The zero-order valence-corrected chi connectivity index (χ0v) is 15.8. The van der Waals surface area contributed by atoms with E-state index in [-0.39, 0.29) is 17.9 Å². The van der Waals surface area contributed by atoms with Gasteiger partial charge in [-0.1, -0.05) is 0 Å². The largest absolute Gasteiger partial charge is 0.348 e. The molecule has 3 fully saturated rings. The number of carbonyl (C=O) groups is 2. The summed E-state index contributed by atoms with van der Waals surface area (Å²) in [5.74, 6) is 0.586. The molecule has 0 N–H and O–H groups in total. The SMILES string of the molecule is CN(C)C(=O)CN1C[C@@H]2CC[C@H](C1)N(C(=O)c1ccc3nccnc3c1)C2. The molecule has 7 heteroatoms. The third-order valence-corrected chi connectivity index (χ3v) is 5.62. The van der Waals surface area contributed by atoms with Gasteiger partial charge in [0, 0.05) is 57.7 Å². The third kappa shape index (κ3) is 3.64. The highest BCUT2D eigenvalue weighted by Gasteiger charge is 2.38. The van der Waals surface area contributed by atoms with E-state index in [0.29, 0.717) is 18.0 Å². The Morgan fingerprint density at radius 2 is 1.85 bits per heavy atom. The van der Waals surface area contributed by atoms with E-state index in [1.807, 2.05) is 23.1 Å². The van der Waals surface area contributed by atoms with E-state index in [4.69, 9.17) is 0 Å². The van der Waals surface area contributed by atoms with Gasteiger partial charge in [0.05, 0.1) is 17.6 Å². The van der Waals surface area contributed by atoms with E-state index < -0.39 is 0 Å². The lowest BCUT2D eigenvalue weighted by atomic mass is 9.94. The number of hydrogen-bond donors (Lipinski definition) is 0. The van der Waals surface area contributed by atoms with Gasteiger partial charge in [-0.25, -0.2) is 0 Å². The molecule has 3 saturated heterocycles. The van der Waals surface area contributed by atoms with Gasteiger partial charge in [0.2, 0.25) is 5.91 Å². The molecular formula is C20H25N5O2. The Bertz CT molecular complexity index is 868. The van der Waals surface area contributed by atoms with Crippen molar-refractivity contribution in [3.63, 3.8) is 0 Å². The maximum absolute atomic E-state index is 13.2. The van der Waals surface area contributed by atoms with Crippen LogP contribution in [0.2, 0.25) is 0 Å². The first-order chi connectivity index (χ1) is 13.0. The fourth-order valence-corrected chi connectivity index (χ4v) is 4.15. The Morgan fingerprint density at radius 3 is 2.63 bits per heavy atom. The fourth-order valence-electron chi connectivity index (χ4n) is 4.15. The smallest absolute Gasteiger partial charge is 0.254 e. The first kappa shape index (κ1) is 17.9. The van der Waals surface area contributed by atoms with Gasteiger partial charge in [-0.3, -0.25) is 24.5 Å². The summed E-state index contributed by atoms with van der Waals surface area (Å²) < 4.78 is 0. The first-order valence-corrected chi connectivity index (χ1v) is 9.45. The van der Waals surface area contributed by atoms with Crippen LogP contribution in [0.5, 0.6) is 0 Å². The molecule has 7 nitrogen and oxygen atoms in total. The fraction of sp³-hybridized carbons (Fsp3) is 0.500. The molecular weight excluding hydrogens is 342 g/mol. The van der Waals surface area contributed by atoms with E-state index in [2.05, 4.69) is 14.9 Å². The van der Waals surface area contributed by atoms with Crippen LogP contribution >= 0.6 is 0 Å². The van der Waals surface area contributed by atoms with E-state index in [1.54, 1.807) is 31.4 Å². The minimum atomic E-state index is 0.0537. The third-order valence-electron chi connectivity index (χ3n) is 5.62. The number of aromatic nitrogens is 2. The summed E-state index contributed by atoms with van der Waals surface area (Å²) in [6.45, 7) is 2.82. The average Bonchev–Trinajstić information content (AvgIpc) is 2.97. The number of likely N-dealkylation sites (N-methyl/N-ethyl adjacent to an activating group) is 1. The number of fused-ring (bicyclic) bond motifs is 5. The van der Waals surface area contributed by atoms with Crippen LogP contribution in [0.15, 0.2) is 30.6 Å².